The molecule has 0 spiro atoms. The zero-order valence-electron chi connectivity index (χ0n) is 6.02. The molecule has 0 amide bonds. The molecule has 2 heteroatoms. The van der Waals surface area contributed by atoms with Crippen molar-refractivity contribution in [3.8, 4) is 0 Å². The molecule has 0 N–H and O–H groups in total. The Morgan fingerprint density at radius 3 is 2.56 bits per heavy atom. The van der Waals surface area contributed by atoms with Gasteiger partial charge in [0.2, 0.25) is 0 Å². The maximum atomic E-state index is 10.1. The van der Waals surface area contributed by atoms with Crippen molar-refractivity contribution in [2.75, 3.05) is 0 Å². The molecule has 0 bridgehead atoms. The molecule has 0 aliphatic heterocycles. The van der Waals surface area contributed by atoms with Crippen LogP contribution in [0.25, 0.3) is 0 Å². The number of hydrogen-bond donors (Lipinski definition) is 0. The van der Waals surface area contributed by atoms with Crippen LogP contribution in [0.5, 0.6) is 0 Å². The van der Waals surface area contributed by atoms with Gasteiger partial charge in [-0.15, -0.1) is 0 Å². The van der Waals surface area contributed by atoms with E-state index in [9.17, 15) is 9.90 Å². The summed E-state index contributed by atoms with van der Waals surface area (Å²) in [6, 6.07) is 0. The second kappa shape index (κ2) is 4.36. The average molecular weight is 129 g/mol. The zero-order chi connectivity index (χ0) is 7.28. The van der Waals surface area contributed by atoms with Crippen LogP contribution in [0.15, 0.2) is 0 Å². The van der Waals surface area contributed by atoms with Crippen molar-refractivity contribution in [1.29, 1.82) is 0 Å². The predicted octanol–water partition coefficient (Wildman–Crippen LogP) is 0.563. The van der Waals surface area contributed by atoms with E-state index < -0.39 is 5.97 Å². The number of hydrogen-bond acceptors (Lipinski definition) is 2. The van der Waals surface area contributed by atoms with Crippen LogP contribution in [0, 0.1) is 5.92 Å². The minimum Gasteiger partial charge on any atom is -0.550 e. The molecule has 0 aromatic heterocycles. The van der Waals surface area contributed by atoms with E-state index >= 15 is 0 Å². The van der Waals surface area contributed by atoms with Crippen molar-refractivity contribution in [1.82, 2.24) is 0 Å². The first-order chi connectivity index (χ1) is 4.18. The Kier molecular flexibility index (Phi) is 4.10. The van der Waals surface area contributed by atoms with E-state index in [1.165, 1.54) is 0 Å². The molecule has 1 atom stereocenters. The monoisotopic (exact) mass is 129 g/mol. The first-order valence-corrected chi connectivity index (χ1v) is 3.39. The summed E-state index contributed by atoms with van der Waals surface area (Å²) in [6.45, 7) is 3.73. The highest BCUT2D eigenvalue weighted by atomic mass is 16.4. The largest absolute Gasteiger partial charge is 0.550 e. The van der Waals surface area contributed by atoms with E-state index in [1.807, 2.05) is 6.92 Å². The fourth-order valence-corrected chi connectivity index (χ4v) is 0.628. The van der Waals surface area contributed by atoms with E-state index in [1.54, 1.807) is 6.92 Å². The summed E-state index contributed by atoms with van der Waals surface area (Å²) in [5.74, 6) is -1.20. The molecule has 9 heavy (non-hydrogen) atoms. The Labute approximate surface area is 55.9 Å². The van der Waals surface area contributed by atoms with Crippen LogP contribution >= 0.6 is 0 Å². The Morgan fingerprint density at radius 2 is 2.22 bits per heavy atom. The molecular weight excluding hydrogens is 116 g/mol. The number of carbonyl (C=O) groups is 1. The highest BCUT2D eigenvalue weighted by molar-refractivity contribution is 5.66. The third-order valence-corrected chi connectivity index (χ3v) is 1.39. The molecule has 0 rings (SSSR count). The van der Waals surface area contributed by atoms with Crippen LogP contribution in [0.4, 0.5) is 0 Å². The van der Waals surface area contributed by atoms with E-state index in [0.717, 1.165) is 19.3 Å². The second-order valence-electron chi connectivity index (χ2n) is 2.36. The van der Waals surface area contributed by atoms with Crippen molar-refractivity contribution in [3.63, 3.8) is 0 Å². The van der Waals surface area contributed by atoms with Gasteiger partial charge in [0.25, 0.3) is 0 Å². The molecular formula is C7H13O2-. The fraction of sp³-hybridized carbons (Fsp3) is 0.857. The Morgan fingerprint density at radius 1 is 1.67 bits per heavy atom. The molecule has 0 aliphatic rings. The molecule has 2 nitrogen and oxygen atoms in total. The highest BCUT2D eigenvalue weighted by Crippen LogP contribution is 2.05. The van der Waals surface area contributed by atoms with Gasteiger partial charge in [0.15, 0.2) is 0 Å². The van der Waals surface area contributed by atoms with Gasteiger partial charge < -0.3 is 9.90 Å². The van der Waals surface area contributed by atoms with Crippen LogP contribution in [0.2, 0.25) is 0 Å². The number of rotatable bonds is 4. The molecule has 54 valence electrons. The standard InChI is InChI=1S/C7H14O2/c1-3-4-5-6(2)7(8)9/h6H,3-5H2,1-2H3,(H,8,9)/p-1/t6-/m0/s1. The lowest BCUT2D eigenvalue weighted by Gasteiger charge is -2.10. The first-order valence-electron chi connectivity index (χ1n) is 3.39. The molecule has 0 radical (unpaired) electrons. The van der Waals surface area contributed by atoms with Crippen LogP contribution in [-0.4, -0.2) is 5.97 Å². The normalized spacial score (nSPS) is 13.1. The van der Waals surface area contributed by atoms with Gasteiger partial charge in [-0.05, 0) is 12.3 Å². The third kappa shape index (κ3) is 4.01. The lowest BCUT2D eigenvalue weighted by molar-refractivity contribution is -0.311. The van der Waals surface area contributed by atoms with Gasteiger partial charge in [0.05, 0.1) is 0 Å². The summed E-state index contributed by atoms with van der Waals surface area (Å²) in [4.78, 5) is 10.1. The number of aliphatic carboxylic acids is 1. The van der Waals surface area contributed by atoms with Gasteiger partial charge in [0.1, 0.15) is 0 Å². The predicted molar refractivity (Wildman–Crippen MR) is 33.7 cm³/mol. The topological polar surface area (TPSA) is 40.1 Å². The van der Waals surface area contributed by atoms with E-state index in [2.05, 4.69) is 0 Å². The summed E-state index contributed by atoms with van der Waals surface area (Å²) in [7, 11) is 0. The Hall–Kier alpha value is -0.530. The van der Waals surface area contributed by atoms with E-state index in [-0.39, 0.29) is 5.92 Å². The molecule has 0 saturated heterocycles. The minimum atomic E-state index is -0.927. The maximum Gasteiger partial charge on any atom is 0.0442 e. The molecule has 0 fully saturated rings. The van der Waals surface area contributed by atoms with Gasteiger partial charge in [-0.2, -0.15) is 0 Å². The van der Waals surface area contributed by atoms with Gasteiger partial charge in [-0.25, -0.2) is 0 Å². The summed E-state index contributed by atoms with van der Waals surface area (Å²) in [6.07, 6.45) is 2.78. The van der Waals surface area contributed by atoms with Gasteiger partial charge in [-0.3, -0.25) is 0 Å². The third-order valence-electron chi connectivity index (χ3n) is 1.39. The zero-order valence-corrected chi connectivity index (χ0v) is 6.02. The van der Waals surface area contributed by atoms with Crippen molar-refractivity contribution in [3.05, 3.63) is 0 Å². The van der Waals surface area contributed by atoms with Crippen LogP contribution in [0.3, 0.4) is 0 Å². The number of carboxylic acid groups (broad SMARTS) is 1. The molecule has 0 aliphatic carbocycles. The first kappa shape index (κ1) is 8.47. The van der Waals surface area contributed by atoms with Crippen LogP contribution < -0.4 is 5.11 Å². The summed E-state index contributed by atoms with van der Waals surface area (Å²) in [5.41, 5.74) is 0. The number of carbonyl (C=O) groups excluding carboxylic acids is 1. The van der Waals surface area contributed by atoms with E-state index in [0.29, 0.717) is 0 Å². The molecule has 0 unspecified atom stereocenters. The minimum absolute atomic E-state index is 0.273. The second-order valence-corrected chi connectivity index (χ2v) is 2.36. The van der Waals surface area contributed by atoms with E-state index in [4.69, 9.17) is 0 Å². The van der Waals surface area contributed by atoms with Crippen LogP contribution in [-0.2, 0) is 4.79 Å². The van der Waals surface area contributed by atoms with Crippen molar-refractivity contribution in [2.45, 2.75) is 33.1 Å². The lowest BCUT2D eigenvalue weighted by Crippen LogP contribution is -2.29. The quantitative estimate of drug-likeness (QED) is 0.556. The number of carboxylic acids is 1. The van der Waals surface area contributed by atoms with Crippen molar-refractivity contribution < 1.29 is 9.90 Å². The SMILES string of the molecule is CCCC[C@H](C)C(=O)[O-]. The summed E-state index contributed by atoms with van der Waals surface area (Å²) >= 11 is 0. The van der Waals surface area contributed by atoms with Crippen LogP contribution in [0.1, 0.15) is 33.1 Å². The van der Waals surface area contributed by atoms with Crippen molar-refractivity contribution in [2.24, 2.45) is 5.92 Å². The number of unbranched alkanes of at least 4 members (excludes halogenated alkanes) is 1. The Balaban J connectivity index is 3.27. The van der Waals surface area contributed by atoms with Gasteiger partial charge >= 0.3 is 0 Å². The maximum absolute atomic E-state index is 10.1. The lowest BCUT2D eigenvalue weighted by atomic mass is 10.1. The summed E-state index contributed by atoms with van der Waals surface area (Å²) < 4.78 is 0. The van der Waals surface area contributed by atoms with Crippen molar-refractivity contribution >= 4 is 5.97 Å². The molecule has 0 saturated carbocycles. The highest BCUT2D eigenvalue weighted by Gasteiger charge is 1.99. The molecule has 0 aromatic carbocycles. The smallest absolute Gasteiger partial charge is 0.0442 e. The fourth-order valence-electron chi connectivity index (χ4n) is 0.628. The summed E-state index contributed by atoms with van der Waals surface area (Å²) in [5, 5.41) is 10.1. The van der Waals surface area contributed by atoms with Gasteiger partial charge in [0, 0.05) is 5.97 Å². The molecule has 0 heterocycles. The average Bonchev–Trinajstić information content (AvgIpc) is 1.82. The van der Waals surface area contributed by atoms with Gasteiger partial charge in [-0.1, -0.05) is 26.7 Å². The Bertz CT molecular complexity index is 88.9. The molecule has 0 aromatic rings.